The molecule has 0 aliphatic heterocycles. The Morgan fingerprint density at radius 3 is 2.63 bits per heavy atom. The molecule has 0 radical (unpaired) electrons. The number of esters is 1. The topological polar surface area (TPSA) is 73.9 Å². The van der Waals surface area contributed by atoms with Crippen molar-refractivity contribution < 1.29 is 23.8 Å². The monoisotopic (exact) mass is 411 g/mol. The third-order valence-electron chi connectivity index (χ3n) is 3.50. The van der Waals surface area contributed by atoms with E-state index in [0.717, 1.165) is 5.56 Å². The Balaban J connectivity index is 1.77. The quantitative estimate of drug-likeness (QED) is 0.671. The van der Waals surface area contributed by atoms with Crippen molar-refractivity contribution in [3.8, 4) is 11.5 Å². The molecular weight excluding hydrogens is 393 g/mol. The molecule has 0 aliphatic rings. The molecule has 0 heterocycles. The molecule has 2 aromatic carbocycles. The molecule has 0 bridgehead atoms. The van der Waals surface area contributed by atoms with Crippen molar-refractivity contribution in [3.05, 3.63) is 58.1 Å². The molecule has 0 saturated carbocycles. The molecule has 0 saturated heterocycles. The maximum atomic E-state index is 12.0. The van der Waals surface area contributed by atoms with Gasteiger partial charge in [-0.05, 0) is 42.8 Å². The Morgan fingerprint density at radius 1 is 1.15 bits per heavy atom. The molecule has 144 valence electrons. The lowest BCUT2D eigenvalue weighted by Gasteiger charge is -2.15. The summed E-state index contributed by atoms with van der Waals surface area (Å²) in [6, 6.07) is 11.9. The van der Waals surface area contributed by atoms with Crippen LogP contribution in [-0.2, 0) is 20.9 Å². The largest absolute Gasteiger partial charge is 0.497 e. The Hall–Kier alpha value is -2.44. The molecular formula is C19H19Cl2NO5. The standard InChI is InChI=1S/C19H19Cl2NO5/c1-12(27-17-7-6-14(20)9-16(17)21)19(24)26-11-18(23)22-10-13-4-3-5-15(8-13)25-2/h3-9,12H,10-11H2,1-2H3,(H,22,23)/t12-/m0/s1. The number of hydrogen-bond acceptors (Lipinski definition) is 5. The van der Waals surface area contributed by atoms with Crippen molar-refractivity contribution in [1.82, 2.24) is 5.32 Å². The highest BCUT2D eigenvalue weighted by atomic mass is 35.5. The molecule has 6 nitrogen and oxygen atoms in total. The van der Waals surface area contributed by atoms with E-state index in [1.807, 2.05) is 12.1 Å². The number of carbonyl (C=O) groups is 2. The zero-order valence-electron chi connectivity index (χ0n) is 14.8. The Morgan fingerprint density at radius 2 is 1.93 bits per heavy atom. The highest BCUT2D eigenvalue weighted by Gasteiger charge is 2.19. The van der Waals surface area contributed by atoms with E-state index in [-0.39, 0.29) is 5.02 Å². The van der Waals surface area contributed by atoms with Crippen molar-refractivity contribution in [1.29, 1.82) is 0 Å². The molecule has 0 aromatic heterocycles. The van der Waals surface area contributed by atoms with Gasteiger partial charge in [0.1, 0.15) is 11.5 Å². The maximum Gasteiger partial charge on any atom is 0.347 e. The van der Waals surface area contributed by atoms with Gasteiger partial charge >= 0.3 is 5.97 Å². The van der Waals surface area contributed by atoms with Crippen molar-refractivity contribution in [2.45, 2.75) is 19.6 Å². The van der Waals surface area contributed by atoms with E-state index in [0.29, 0.717) is 23.1 Å². The molecule has 27 heavy (non-hydrogen) atoms. The van der Waals surface area contributed by atoms with Crippen LogP contribution < -0.4 is 14.8 Å². The fourth-order valence-corrected chi connectivity index (χ4v) is 2.55. The molecule has 1 N–H and O–H groups in total. The molecule has 1 amide bonds. The van der Waals surface area contributed by atoms with Crippen LogP contribution in [0.3, 0.4) is 0 Å². The van der Waals surface area contributed by atoms with Crippen molar-refractivity contribution in [2.24, 2.45) is 0 Å². The number of hydrogen-bond donors (Lipinski definition) is 1. The van der Waals surface area contributed by atoms with Gasteiger partial charge in [0.15, 0.2) is 12.7 Å². The minimum Gasteiger partial charge on any atom is -0.497 e. The smallest absolute Gasteiger partial charge is 0.347 e. The first-order chi connectivity index (χ1) is 12.9. The van der Waals surface area contributed by atoms with Crippen LogP contribution in [-0.4, -0.2) is 31.7 Å². The summed E-state index contributed by atoms with van der Waals surface area (Å²) in [7, 11) is 1.57. The van der Waals surface area contributed by atoms with Gasteiger partial charge in [-0.25, -0.2) is 4.79 Å². The first-order valence-corrected chi connectivity index (χ1v) is 8.82. The predicted octanol–water partition coefficient (Wildman–Crippen LogP) is 3.63. The van der Waals surface area contributed by atoms with Crippen molar-refractivity contribution in [2.75, 3.05) is 13.7 Å². The van der Waals surface area contributed by atoms with Gasteiger partial charge in [-0.15, -0.1) is 0 Å². The summed E-state index contributed by atoms with van der Waals surface area (Å²) in [6.45, 7) is 1.38. The molecule has 1 atom stereocenters. The minimum atomic E-state index is -0.935. The van der Waals surface area contributed by atoms with Crippen LogP contribution >= 0.6 is 23.2 Å². The number of methoxy groups -OCH3 is 1. The second kappa shape index (κ2) is 10.0. The third-order valence-corrected chi connectivity index (χ3v) is 4.03. The Bertz CT molecular complexity index is 812. The van der Waals surface area contributed by atoms with Crippen LogP contribution in [0, 0.1) is 0 Å². The maximum absolute atomic E-state index is 12.0. The summed E-state index contributed by atoms with van der Waals surface area (Å²) in [4.78, 5) is 23.8. The van der Waals surface area contributed by atoms with Gasteiger partial charge in [-0.2, -0.15) is 0 Å². The van der Waals surface area contributed by atoms with Crippen LogP contribution in [0.4, 0.5) is 0 Å². The predicted molar refractivity (Wildman–Crippen MR) is 102 cm³/mol. The highest BCUT2D eigenvalue weighted by molar-refractivity contribution is 6.35. The first-order valence-electron chi connectivity index (χ1n) is 8.07. The Kier molecular flexibility index (Phi) is 7.76. The van der Waals surface area contributed by atoms with E-state index < -0.39 is 24.6 Å². The summed E-state index contributed by atoms with van der Waals surface area (Å²) in [5, 5.41) is 3.39. The van der Waals surface area contributed by atoms with E-state index in [2.05, 4.69) is 5.32 Å². The molecule has 2 rings (SSSR count). The fourth-order valence-electron chi connectivity index (χ4n) is 2.10. The molecule has 2 aromatic rings. The summed E-state index contributed by atoms with van der Waals surface area (Å²) >= 11 is 11.8. The summed E-state index contributed by atoms with van der Waals surface area (Å²) in [6.07, 6.45) is -0.935. The lowest BCUT2D eigenvalue weighted by molar-refractivity contribution is -0.154. The summed E-state index contributed by atoms with van der Waals surface area (Å²) < 4.78 is 15.5. The van der Waals surface area contributed by atoms with E-state index in [1.165, 1.54) is 13.0 Å². The van der Waals surface area contributed by atoms with Gasteiger partial charge in [0, 0.05) is 11.6 Å². The zero-order valence-corrected chi connectivity index (χ0v) is 16.3. The summed E-state index contributed by atoms with van der Waals surface area (Å²) in [5.74, 6) is -0.117. The summed E-state index contributed by atoms with van der Waals surface area (Å²) in [5.41, 5.74) is 0.864. The van der Waals surface area contributed by atoms with Crippen LogP contribution in [0.1, 0.15) is 12.5 Å². The lowest BCUT2D eigenvalue weighted by atomic mass is 10.2. The van der Waals surface area contributed by atoms with Gasteiger partial charge in [0.2, 0.25) is 0 Å². The van der Waals surface area contributed by atoms with E-state index in [4.69, 9.17) is 37.4 Å². The van der Waals surface area contributed by atoms with Crippen LogP contribution in [0.2, 0.25) is 10.0 Å². The minimum absolute atomic E-state index is 0.276. The third kappa shape index (κ3) is 6.66. The van der Waals surface area contributed by atoms with Gasteiger partial charge < -0.3 is 19.5 Å². The van der Waals surface area contributed by atoms with Gasteiger partial charge in [0.25, 0.3) is 5.91 Å². The highest BCUT2D eigenvalue weighted by Crippen LogP contribution is 2.28. The van der Waals surface area contributed by atoms with E-state index >= 15 is 0 Å². The van der Waals surface area contributed by atoms with Crippen molar-refractivity contribution in [3.63, 3.8) is 0 Å². The number of benzene rings is 2. The van der Waals surface area contributed by atoms with Crippen molar-refractivity contribution >= 4 is 35.1 Å². The SMILES string of the molecule is COc1cccc(CNC(=O)COC(=O)[C@H](C)Oc2ccc(Cl)cc2Cl)c1. The normalized spacial score (nSPS) is 11.4. The number of amides is 1. The van der Waals surface area contributed by atoms with Gasteiger partial charge in [0.05, 0.1) is 12.1 Å². The average molecular weight is 412 g/mol. The van der Waals surface area contributed by atoms with Gasteiger partial charge in [-0.1, -0.05) is 35.3 Å². The molecule has 8 heteroatoms. The molecule has 0 spiro atoms. The number of nitrogens with one attached hydrogen (secondary N) is 1. The molecule has 0 aliphatic carbocycles. The first kappa shape index (κ1) is 20.9. The zero-order chi connectivity index (χ0) is 19.8. The Labute approximate surface area is 167 Å². The van der Waals surface area contributed by atoms with Gasteiger partial charge in [-0.3, -0.25) is 4.79 Å². The molecule has 0 fully saturated rings. The second-order valence-corrected chi connectivity index (χ2v) is 6.41. The fraction of sp³-hybridized carbons (Fsp3) is 0.263. The van der Waals surface area contributed by atoms with Crippen LogP contribution in [0.15, 0.2) is 42.5 Å². The van der Waals surface area contributed by atoms with Crippen LogP contribution in [0.25, 0.3) is 0 Å². The van der Waals surface area contributed by atoms with E-state index in [1.54, 1.807) is 31.4 Å². The van der Waals surface area contributed by atoms with Crippen LogP contribution in [0.5, 0.6) is 11.5 Å². The lowest BCUT2D eigenvalue weighted by Crippen LogP contribution is -2.32. The number of rotatable bonds is 8. The number of carbonyl (C=O) groups excluding carboxylic acids is 2. The molecule has 0 unspecified atom stereocenters. The van der Waals surface area contributed by atoms with E-state index in [9.17, 15) is 9.59 Å². The number of halogens is 2. The second-order valence-electron chi connectivity index (χ2n) is 5.57. The number of ether oxygens (including phenoxy) is 3. The average Bonchev–Trinajstić information content (AvgIpc) is 2.66.